The molecule has 1 aliphatic heterocycles. The third-order valence-corrected chi connectivity index (χ3v) is 4.22. The Balaban J connectivity index is 1.91. The molecule has 112 valence electrons. The van der Waals surface area contributed by atoms with Crippen molar-refractivity contribution in [2.24, 2.45) is 0 Å². The van der Waals surface area contributed by atoms with Crippen molar-refractivity contribution < 1.29 is 14.5 Å². The first-order valence-corrected chi connectivity index (χ1v) is 7.26. The highest BCUT2D eigenvalue weighted by molar-refractivity contribution is 7.16. The molecule has 0 atom stereocenters. The molecular formula is C13H15N3O4S. The molecule has 0 spiro atoms. The average molecular weight is 309 g/mol. The van der Waals surface area contributed by atoms with Gasteiger partial charge < -0.3 is 9.80 Å². The summed E-state index contributed by atoms with van der Waals surface area (Å²) in [7, 11) is 0. The van der Waals surface area contributed by atoms with Gasteiger partial charge in [0, 0.05) is 50.1 Å². The molecule has 0 bridgehead atoms. The summed E-state index contributed by atoms with van der Waals surface area (Å²) in [4.78, 5) is 37.3. The fraction of sp³-hybridized carbons (Fsp3) is 0.385. The van der Waals surface area contributed by atoms with E-state index in [2.05, 4.69) is 0 Å². The van der Waals surface area contributed by atoms with Gasteiger partial charge in [0.25, 0.3) is 0 Å². The second kappa shape index (κ2) is 6.49. The molecule has 0 aromatic carbocycles. The van der Waals surface area contributed by atoms with Crippen LogP contribution >= 0.6 is 11.3 Å². The Hall–Kier alpha value is -2.22. The smallest absolute Gasteiger partial charge is 0.324 e. The van der Waals surface area contributed by atoms with Crippen LogP contribution in [-0.4, -0.2) is 52.7 Å². The van der Waals surface area contributed by atoms with Gasteiger partial charge in [0.1, 0.15) is 0 Å². The first-order valence-electron chi connectivity index (χ1n) is 6.44. The number of rotatable bonds is 3. The molecule has 2 heterocycles. The van der Waals surface area contributed by atoms with Gasteiger partial charge in [0.05, 0.1) is 4.92 Å². The van der Waals surface area contributed by atoms with Crippen molar-refractivity contribution in [2.75, 3.05) is 26.2 Å². The van der Waals surface area contributed by atoms with Crippen molar-refractivity contribution in [1.82, 2.24) is 9.80 Å². The molecule has 1 aromatic rings. The largest absolute Gasteiger partial charge is 0.339 e. The molecule has 2 amide bonds. The second-order valence-electron chi connectivity index (χ2n) is 4.60. The number of piperazine rings is 1. The monoisotopic (exact) mass is 309 g/mol. The molecule has 0 unspecified atom stereocenters. The van der Waals surface area contributed by atoms with Crippen LogP contribution < -0.4 is 0 Å². The molecule has 1 aromatic heterocycles. The molecule has 0 N–H and O–H groups in total. The molecule has 1 saturated heterocycles. The summed E-state index contributed by atoms with van der Waals surface area (Å²) in [5.41, 5.74) is 0. The van der Waals surface area contributed by atoms with Crippen molar-refractivity contribution >= 4 is 34.2 Å². The lowest BCUT2D eigenvalue weighted by Crippen LogP contribution is -2.49. The van der Waals surface area contributed by atoms with E-state index >= 15 is 0 Å². The molecule has 1 aliphatic rings. The highest BCUT2D eigenvalue weighted by Gasteiger charge is 2.20. The second-order valence-corrected chi connectivity index (χ2v) is 5.69. The quantitative estimate of drug-likeness (QED) is 0.479. The maximum absolute atomic E-state index is 12.0. The lowest BCUT2D eigenvalue weighted by molar-refractivity contribution is -0.380. The van der Waals surface area contributed by atoms with Gasteiger partial charge in [-0.1, -0.05) is 11.3 Å². The van der Waals surface area contributed by atoms with Gasteiger partial charge in [0.15, 0.2) is 0 Å². The van der Waals surface area contributed by atoms with E-state index in [0.717, 1.165) is 11.3 Å². The minimum atomic E-state index is -0.454. The number of carbonyl (C=O) groups excluding carboxylic acids is 2. The van der Waals surface area contributed by atoms with Crippen molar-refractivity contribution in [3.05, 3.63) is 33.2 Å². The van der Waals surface area contributed by atoms with Crippen LogP contribution in [0.25, 0.3) is 6.08 Å². The lowest BCUT2D eigenvalue weighted by atomic mass is 10.3. The summed E-state index contributed by atoms with van der Waals surface area (Å²) in [5.74, 6) is -0.127. The van der Waals surface area contributed by atoms with E-state index in [0.29, 0.717) is 31.1 Å². The zero-order valence-electron chi connectivity index (χ0n) is 11.5. The highest BCUT2D eigenvalue weighted by Crippen LogP contribution is 2.24. The zero-order valence-corrected chi connectivity index (χ0v) is 12.3. The van der Waals surface area contributed by atoms with Crippen molar-refractivity contribution in [1.29, 1.82) is 0 Å². The van der Waals surface area contributed by atoms with E-state index in [9.17, 15) is 19.7 Å². The van der Waals surface area contributed by atoms with Crippen LogP contribution in [0.1, 0.15) is 11.8 Å². The Kier molecular flexibility index (Phi) is 4.69. The third kappa shape index (κ3) is 3.88. The summed E-state index contributed by atoms with van der Waals surface area (Å²) >= 11 is 1.02. The van der Waals surface area contributed by atoms with Crippen LogP contribution in [0.2, 0.25) is 0 Å². The highest BCUT2D eigenvalue weighted by atomic mass is 32.1. The number of nitro groups is 1. The average Bonchev–Trinajstić information content (AvgIpc) is 2.94. The first-order chi connectivity index (χ1) is 9.97. The summed E-state index contributed by atoms with van der Waals surface area (Å²) < 4.78 is 0. The van der Waals surface area contributed by atoms with Gasteiger partial charge in [-0.05, 0) is 12.1 Å². The minimum absolute atomic E-state index is 0.0172. The lowest BCUT2D eigenvalue weighted by Gasteiger charge is -2.33. The van der Waals surface area contributed by atoms with Crippen LogP contribution in [0, 0.1) is 10.1 Å². The van der Waals surface area contributed by atoms with Crippen molar-refractivity contribution in [2.45, 2.75) is 6.92 Å². The van der Waals surface area contributed by atoms with Crippen molar-refractivity contribution in [3.8, 4) is 0 Å². The summed E-state index contributed by atoms with van der Waals surface area (Å²) in [6, 6.07) is 3.03. The van der Waals surface area contributed by atoms with Gasteiger partial charge in [-0.3, -0.25) is 19.7 Å². The number of amides is 2. The Morgan fingerprint density at radius 3 is 2.38 bits per heavy atom. The minimum Gasteiger partial charge on any atom is -0.339 e. The molecule has 0 aliphatic carbocycles. The summed E-state index contributed by atoms with van der Waals surface area (Å²) in [6.45, 7) is 3.61. The number of carbonyl (C=O) groups is 2. The molecule has 7 nitrogen and oxygen atoms in total. The van der Waals surface area contributed by atoms with E-state index in [1.54, 1.807) is 21.9 Å². The normalized spacial score (nSPS) is 15.5. The van der Waals surface area contributed by atoms with Gasteiger partial charge in [0.2, 0.25) is 11.8 Å². The Morgan fingerprint density at radius 1 is 1.24 bits per heavy atom. The number of hydrogen-bond acceptors (Lipinski definition) is 5. The van der Waals surface area contributed by atoms with Gasteiger partial charge >= 0.3 is 5.00 Å². The summed E-state index contributed by atoms with van der Waals surface area (Å²) in [5, 5.41) is 10.6. The number of nitrogens with zero attached hydrogens (tertiary/aromatic N) is 3. The van der Waals surface area contributed by atoms with E-state index in [1.165, 1.54) is 19.1 Å². The molecular weight excluding hydrogens is 294 g/mol. The van der Waals surface area contributed by atoms with E-state index in [-0.39, 0.29) is 16.8 Å². The standard InChI is InChI=1S/C13H15N3O4S/c1-10(17)14-6-8-15(9-7-14)12(18)4-2-11-3-5-13(21-11)16(19)20/h2-5H,6-9H2,1H3/b4-2+. The number of thiophene rings is 1. The van der Waals surface area contributed by atoms with Crippen LogP contribution in [0.3, 0.4) is 0 Å². The topological polar surface area (TPSA) is 83.8 Å². The SMILES string of the molecule is CC(=O)N1CCN(C(=O)/C=C/c2ccc([N+](=O)[O-])s2)CC1. The summed E-state index contributed by atoms with van der Waals surface area (Å²) in [6.07, 6.45) is 3.00. The van der Waals surface area contributed by atoms with Crippen molar-refractivity contribution in [3.63, 3.8) is 0 Å². The van der Waals surface area contributed by atoms with Gasteiger partial charge in [-0.2, -0.15) is 0 Å². The fourth-order valence-electron chi connectivity index (χ4n) is 2.03. The zero-order chi connectivity index (χ0) is 15.4. The van der Waals surface area contributed by atoms with E-state index in [4.69, 9.17) is 0 Å². The van der Waals surface area contributed by atoms with Crippen LogP contribution in [0.5, 0.6) is 0 Å². The van der Waals surface area contributed by atoms with E-state index < -0.39 is 4.92 Å². The molecule has 0 saturated carbocycles. The molecule has 0 radical (unpaired) electrons. The van der Waals surface area contributed by atoms with Crippen LogP contribution in [0.4, 0.5) is 5.00 Å². The van der Waals surface area contributed by atoms with Crippen LogP contribution in [0.15, 0.2) is 18.2 Å². The Bertz CT molecular complexity index is 588. The van der Waals surface area contributed by atoms with E-state index in [1.807, 2.05) is 0 Å². The Morgan fingerprint density at radius 2 is 1.86 bits per heavy atom. The van der Waals surface area contributed by atoms with Crippen LogP contribution in [-0.2, 0) is 9.59 Å². The third-order valence-electron chi connectivity index (χ3n) is 3.22. The first kappa shape index (κ1) is 15.2. The van der Waals surface area contributed by atoms with Gasteiger partial charge in [-0.25, -0.2) is 0 Å². The molecule has 8 heteroatoms. The maximum atomic E-state index is 12.0. The number of hydrogen-bond donors (Lipinski definition) is 0. The molecule has 1 fully saturated rings. The molecule has 2 rings (SSSR count). The van der Waals surface area contributed by atoms with Gasteiger partial charge in [-0.15, -0.1) is 0 Å². The maximum Gasteiger partial charge on any atom is 0.324 e. The fourth-order valence-corrected chi connectivity index (χ4v) is 2.75. The predicted molar refractivity (Wildman–Crippen MR) is 78.8 cm³/mol. The predicted octanol–water partition coefficient (Wildman–Crippen LogP) is 1.36. The molecule has 21 heavy (non-hydrogen) atoms. The Labute approximate surface area is 125 Å².